The lowest BCUT2D eigenvalue weighted by atomic mass is 9.92. The minimum absolute atomic E-state index is 0.229. The standard InChI is InChI=1S/C13H17NO3/c1-9(11-3-2-4-12(15)6-11)14-7-10(8-14)5-13(16)17/h2-4,6,9-10,15H,5,7-8H2,1H3,(H,16,17). The second-order valence-electron chi connectivity index (χ2n) is 4.69. The first-order valence-corrected chi connectivity index (χ1v) is 5.81. The number of aliphatic carboxylic acids is 1. The zero-order valence-electron chi connectivity index (χ0n) is 9.84. The summed E-state index contributed by atoms with van der Waals surface area (Å²) >= 11 is 0. The molecular weight excluding hydrogens is 218 g/mol. The molecule has 1 atom stereocenters. The van der Waals surface area contributed by atoms with Gasteiger partial charge in [0.2, 0.25) is 0 Å². The molecule has 0 bridgehead atoms. The summed E-state index contributed by atoms with van der Waals surface area (Å²) in [5.74, 6) is -0.177. The van der Waals surface area contributed by atoms with E-state index in [1.165, 1.54) is 0 Å². The van der Waals surface area contributed by atoms with Gasteiger partial charge >= 0.3 is 5.97 Å². The van der Waals surface area contributed by atoms with Crippen LogP contribution in [0.5, 0.6) is 5.75 Å². The van der Waals surface area contributed by atoms with Gasteiger partial charge in [-0.25, -0.2) is 0 Å². The summed E-state index contributed by atoms with van der Waals surface area (Å²) < 4.78 is 0. The SMILES string of the molecule is CC(c1cccc(O)c1)N1CC(CC(=O)O)C1. The second kappa shape index (κ2) is 4.75. The van der Waals surface area contributed by atoms with Crippen LogP contribution in [0.25, 0.3) is 0 Å². The van der Waals surface area contributed by atoms with Gasteiger partial charge in [-0.3, -0.25) is 9.69 Å². The topological polar surface area (TPSA) is 60.8 Å². The van der Waals surface area contributed by atoms with E-state index in [1.807, 2.05) is 12.1 Å². The molecule has 1 aromatic rings. The number of phenols is 1. The quantitative estimate of drug-likeness (QED) is 0.836. The van der Waals surface area contributed by atoms with E-state index in [1.54, 1.807) is 12.1 Å². The van der Waals surface area contributed by atoms with Crippen molar-refractivity contribution in [2.45, 2.75) is 19.4 Å². The maximum atomic E-state index is 10.5. The zero-order chi connectivity index (χ0) is 12.4. The van der Waals surface area contributed by atoms with Crippen molar-refractivity contribution in [3.63, 3.8) is 0 Å². The first-order chi connectivity index (χ1) is 8.06. The molecule has 1 aromatic carbocycles. The Hall–Kier alpha value is -1.55. The van der Waals surface area contributed by atoms with E-state index in [0.29, 0.717) is 0 Å². The summed E-state index contributed by atoms with van der Waals surface area (Å²) in [5, 5.41) is 18.1. The fraction of sp³-hybridized carbons (Fsp3) is 0.462. The molecule has 2 rings (SSSR count). The molecule has 0 saturated carbocycles. The zero-order valence-corrected chi connectivity index (χ0v) is 9.84. The van der Waals surface area contributed by atoms with Crippen LogP contribution < -0.4 is 0 Å². The first-order valence-electron chi connectivity index (χ1n) is 5.81. The van der Waals surface area contributed by atoms with Gasteiger partial charge in [0.15, 0.2) is 0 Å². The van der Waals surface area contributed by atoms with Crippen molar-refractivity contribution < 1.29 is 15.0 Å². The van der Waals surface area contributed by atoms with Gasteiger partial charge in [0.1, 0.15) is 5.75 Å². The number of aromatic hydroxyl groups is 1. The van der Waals surface area contributed by atoms with Crippen molar-refractivity contribution in [3.05, 3.63) is 29.8 Å². The Morgan fingerprint density at radius 1 is 1.53 bits per heavy atom. The van der Waals surface area contributed by atoms with E-state index >= 15 is 0 Å². The van der Waals surface area contributed by atoms with Crippen LogP contribution in [0, 0.1) is 5.92 Å². The fourth-order valence-electron chi connectivity index (χ4n) is 2.30. The highest BCUT2D eigenvalue weighted by Crippen LogP contribution is 2.30. The molecule has 0 spiro atoms. The molecule has 0 radical (unpaired) electrons. The van der Waals surface area contributed by atoms with Crippen LogP contribution in [0.2, 0.25) is 0 Å². The third kappa shape index (κ3) is 2.77. The third-order valence-corrected chi connectivity index (χ3v) is 3.35. The van der Waals surface area contributed by atoms with Crippen molar-refractivity contribution in [2.24, 2.45) is 5.92 Å². The molecule has 1 heterocycles. The van der Waals surface area contributed by atoms with E-state index < -0.39 is 5.97 Å². The lowest BCUT2D eigenvalue weighted by Crippen LogP contribution is -2.48. The number of carbonyl (C=O) groups is 1. The Bertz CT molecular complexity index is 413. The molecule has 0 amide bonds. The number of benzene rings is 1. The Kier molecular flexibility index (Phi) is 3.33. The minimum Gasteiger partial charge on any atom is -0.508 e. The van der Waals surface area contributed by atoms with Gasteiger partial charge in [-0.15, -0.1) is 0 Å². The highest BCUT2D eigenvalue weighted by atomic mass is 16.4. The monoisotopic (exact) mass is 235 g/mol. The van der Waals surface area contributed by atoms with Gasteiger partial charge in [0.25, 0.3) is 0 Å². The van der Waals surface area contributed by atoms with Gasteiger partial charge in [0, 0.05) is 19.1 Å². The van der Waals surface area contributed by atoms with Crippen molar-refractivity contribution >= 4 is 5.97 Å². The molecule has 1 aliphatic heterocycles. The molecule has 4 heteroatoms. The number of phenolic OH excluding ortho intramolecular Hbond substituents is 1. The predicted molar refractivity (Wildman–Crippen MR) is 63.8 cm³/mol. The van der Waals surface area contributed by atoms with E-state index in [4.69, 9.17) is 5.11 Å². The van der Waals surface area contributed by atoms with Crippen LogP contribution in [-0.2, 0) is 4.79 Å². The molecular formula is C13H17NO3. The van der Waals surface area contributed by atoms with Crippen molar-refractivity contribution in [2.75, 3.05) is 13.1 Å². The maximum Gasteiger partial charge on any atom is 0.303 e. The van der Waals surface area contributed by atoms with Crippen LogP contribution in [-0.4, -0.2) is 34.2 Å². The van der Waals surface area contributed by atoms with Crippen molar-refractivity contribution in [1.82, 2.24) is 4.90 Å². The van der Waals surface area contributed by atoms with E-state index in [-0.39, 0.29) is 24.1 Å². The lowest BCUT2D eigenvalue weighted by molar-refractivity contribution is -0.139. The van der Waals surface area contributed by atoms with Gasteiger partial charge < -0.3 is 10.2 Å². The van der Waals surface area contributed by atoms with Gasteiger partial charge in [0.05, 0.1) is 6.42 Å². The largest absolute Gasteiger partial charge is 0.508 e. The Morgan fingerprint density at radius 3 is 2.82 bits per heavy atom. The number of carboxylic acids is 1. The maximum absolute atomic E-state index is 10.5. The number of rotatable bonds is 4. The number of hydrogen-bond acceptors (Lipinski definition) is 3. The highest BCUT2D eigenvalue weighted by molar-refractivity contribution is 5.67. The molecule has 0 aliphatic carbocycles. The normalized spacial score (nSPS) is 18.6. The summed E-state index contributed by atoms with van der Waals surface area (Å²) in [7, 11) is 0. The van der Waals surface area contributed by atoms with Crippen LogP contribution in [0.1, 0.15) is 24.9 Å². The molecule has 0 aromatic heterocycles. The van der Waals surface area contributed by atoms with Gasteiger partial charge in [-0.2, -0.15) is 0 Å². The minimum atomic E-state index is -0.723. The highest BCUT2D eigenvalue weighted by Gasteiger charge is 2.32. The number of likely N-dealkylation sites (tertiary alicyclic amines) is 1. The summed E-state index contributed by atoms with van der Waals surface area (Å²) in [4.78, 5) is 12.8. The summed E-state index contributed by atoms with van der Waals surface area (Å²) in [5.41, 5.74) is 1.07. The average molecular weight is 235 g/mol. The molecule has 1 unspecified atom stereocenters. The number of hydrogen-bond donors (Lipinski definition) is 2. The molecule has 92 valence electrons. The molecule has 4 nitrogen and oxygen atoms in total. The smallest absolute Gasteiger partial charge is 0.303 e. The van der Waals surface area contributed by atoms with E-state index in [9.17, 15) is 9.90 Å². The fourth-order valence-corrected chi connectivity index (χ4v) is 2.30. The second-order valence-corrected chi connectivity index (χ2v) is 4.69. The molecule has 1 saturated heterocycles. The Balaban J connectivity index is 1.91. The Morgan fingerprint density at radius 2 is 2.24 bits per heavy atom. The van der Waals surface area contributed by atoms with E-state index in [2.05, 4.69) is 11.8 Å². The lowest BCUT2D eigenvalue weighted by Gasteiger charge is -2.42. The van der Waals surface area contributed by atoms with Gasteiger partial charge in [-0.1, -0.05) is 12.1 Å². The molecule has 2 N–H and O–H groups in total. The average Bonchev–Trinajstić information content (AvgIpc) is 2.21. The summed E-state index contributed by atoms with van der Waals surface area (Å²) in [6.45, 7) is 3.72. The third-order valence-electron chi connectivity index (χ3n) is 3.35. The van der Waals surface area contributed by atoms with Gasteiger partial charge in [-0.05, 0) is 30.5 Å². The van der Waals surface area contributed by atoms with Crippen molar-refractivity contribution in [1.29, 1.82) is 0 Å². The van der Waals surface area contributed by atoms with Crippen molar-refractivity contribution in [3.8, 4) is 5.75 Å². The Labute approximate surface area is 100 Å². The first kappa shape index (κ1) is 11.9. The van der Waals surface area contributed by atoms with Crippen LogP contribution in [0.4, 0.5) is 0 Å². The van der Waals surface area contributed by atoms with Crippen LogP contribution >= 0.6 is 0 Å². The molecule has 1 fully saturated rings. The molecule has 17 heavy (non-hydrogen) atoms. The summed E-state index contributed by atoms with van der Waals surface area (Å²) in [6, 6.07) is 7.45. The molecule has 1 aliphatic rings. The number of nitrogens with zero attached hydrogens (tertiary/aromatic N) is 1. The van der Waals surface area contributed by atoms with Crippen LogP contribution in [0.3, 0.4) is 0 Å². The van der Waals surface area contributed by atoms with E-state index in [0.717, 1.165) is 18.7 Å². The number of carboxylic acid groups (broad SMARTS) is 1. The summed E-state index contributed by atoms with van der Waals surface area (Å²) in [6.07, 6.45) is 0.253. The van der Waals surface area contributed by atoms with Crippen LogP contribution in [0.15, 0.2) is 24.3 Å². The predicted octanol–water partition coefficient (Wildman–Crippen LogP) is 1.86.